The summed E-state index contributed by atoms with van der Waals surface area (Å²) in [6.07, 6.45) is -0.00703. The second-order valence-corrected chi connectivity index (χ2v) is 8.47. The first-order valence-electron chi connectivity index (χ1n) is 10.0. The van der Waals surface area contributed by atoms with Gasteiger partial charge in [-0.2, -0.15) is 0 Å². The maximum Gasteiger partial charge on any atom is 0.410 e. The monoisotopic (exact) mass is 416 g/mol. The highest BCUT2D eigenvalue weighted by Gasteiger charge is 2.38. The van der Waals surface area contributed by atoms with Gasteiger partial charge < -0.3 is 19.9 Å². The van der Waals surface area contributed by atoms with Gasteiger partial charge in [0, 0.05) is 11.8 Å². The zero-order valence-electron chi connectivity index (χ0n) is 17.6. The Morgan fingerprint density at radius 1 is 1.20 bits per heavy atom. The van der Waals surface area contributed by atoms with E-state index in [1.165, 1.54) is 12.1 Å². The Morgan fingerprint density at radius 3 is 2.67 bits per heavy atom. The Kier molecular flexibility index (Phi) is 6.82. The molecule has 6 nitrogen and oxygen atoms in total. The number of ether oxygens (including phenoxy) is 3. The van der Waals surface area contributed by atoms with Crippen LogP contribution in [0.15, 0.2) is 48.5 Å². The number of rotatable bonds is 6. The summed E-state index contributed by atoms with van der Waals surface area (Å²) in [7, 11) is 0. The van der Waals surface area contributed by atoms with Crippen molar-refractivity contribution >= 4 is 11.8 Å². The van der Waals surface area contributed by atoms with Gasteiger partial charge >= 0.3 is 6.09 Å². The van der Waals surface area contributed by atoms with Crippen LogP contribution in [-0.4, -0.2) is 41.9 Å². The quantitative estimate of drug-likeness (QED) is 0.708. The van der Waals surface area contributed by atoms with Crippen LogP contribution in [0.2, 0.25) is 0 Å². The van der Waals surface area contributed by atoms with Crippen molar-refractivity contribution in [3.63, 3.8) is 0 Å². The Bertz CT molecular complexity index is 868. The Balaban J connectivity index is 1.64. The van der Waals surface area contributed by atoms with Crippen LogP contribution in [0.1, 0.15) is 32.8 Å². The molecule has 1 aliphatic rings. The van der Waals surface area contributed by atoms with Crippen LogP contribution in [0.3, 0.4) is 0 Å². The number of carbonyl (C=O) groups is 1. The summed E-state index contributed by atoms with van der Waals surface area (Å²) in [4.78, 5) is 14.4. The zero-order valence-corrected chi connectivity index (χ0v) is 17.6. The molecule has 1 fully saturated rings. The van der Waals surface area contributed by atoms with Gasteiger partial charge in [-0.15, -0.1) is 0 Å². The molecule has 162 valence electrons. The lowest BCUT2D eigenvalue weighted by molar-refractivity contribution is 0.0127. The molecule has 0 unspecified atom stereocenters. The van der Waals surface area contributed by atoms with Crippen LogP contribution < -0.4 is 10.5 Å². The standard InChI is InChI=1S/C23H29FN2O4/c1-23(2,3)30-22(27)26-13-21(28-14-16-6-4-7-17(24)10-16)12-19(26)15-29-20-9-5-8-18(25)11-20/h4-11,19,21H,12-15,25H2,1-3H3/t19-,21+/m0/s1. The number of hydrogen-bond donors (Lipinski definition) is 1. The van der Waals surface area contributed by atoms with E-state index in [0.29, 0.717) is 31.0 Å². The van der Waals surface area contributed by atoms with Gasteiger partial charge in [-0.05, 0) is 57.0 Å². The summed E-state index contributed by atoms with van der Waals surface area (Å²) >= 11 is 0. The average molecular weight is 416 g/mol. The second kappa shape index (κ2) is 9.34. The maximum atomic E-state index is 13.4. The van der Waals surface area contributed by atoms with Gasteiger partial charge in [0.05, 0.1) is 25.3 Å². The third-order valence-corrected chi connectivity index (χ3v) is 4.68. The fourth-order valence-electron chi connectivity index (χ4n) is 3.33. The van der Waals surface area contributed by atoms with Crippen LogP contribution >= 0.6 is 0 Å². The number of nitrogen functional groups attached to an aromatic ring is 1. The molecule has 2 aromatic carbocycles. The number of hydrogen-bond acceptors (Lipinski definition) is 5. The van der Waals surface area contributed by atoms with E-state index in [1.807, 2.05) is 39.0 Å². The van der Waals surface area contributed by atoms with Crippen LogP contribution in [0.25, 0.3) is 0 Å². The SMILES string of the molecule is CC(C)(C)OC(=O)N1C[C@H](OCc2cccc(F)c2)C[C@H]1COc1cccc(N)c1. The van der Waals surface area contributed by atoms with Crippen molar-refractivity contribution in [2.24, 2.45) is 0 Å². The summed E-state index contributed by atoms with van der Waals surface area (Å²) < 4.78 is 30.8. The van der Waals surface area contributed by atoms with Crippen molar-refractivity contribution in [3.8, 4) is 5.75 Å². The number of nitrogens with zero attached hydrogens (tertiary/aromatic N) is 1. The number of nitrogens with two attached hydrogens (primary N) is 1. The predicted octanol–water partition coefficient (Wildman–Crippen LogP) is 4.38. The molecule has 0 bridgehead atoms. The third kappa shape index (κ3) is 6.35. The van der Waals surface area contributed by atoms with Crippen LogP contribution in [-0.2, 0) is 16.1 Å². The molecular weight excluding hydrogens is 387 g/mol. The van der Waals surface area contributed by atoms with E-state index in [1.54, 1.807) is 23.1 Å². The van der Waals surface area contributed by atoms with Gasteiger partial charge in [0.1, 0.15) is 23.8 Å². The highest BCUT2D eigenvalue weighted by Crippen LogP contribution is 2.25. The van der Waals surface area contributed by atoms with Crippen LogP contribution in [0.4, 0.5) is 14.9 Å². The normalized spacial score (nSPS) is 19.0. The second-order valence-electron chi connectivity index (χ2n) is 8.47. The fourth-order valence-corrected chi connectivity index (χ4v) is 3.33. The van der Waals surface area contributed by atoms with Gasteiger partial charge in [0.25, 0.3) is 0 Å². The molecule has 1 saturated heterocycles. The number of benzene rings is 2. The topological polar surface area (TPSA) is 74.0 Å². The Morgan fingerprint density at radius 2 is 1.97 bits per heavy atom. The third-order valence-electron chi connectivity index (χ3n) is 4.68. The lowest BCUT2D eigenvalue weighted by Crippen LogP contribution is -2.42. The molecule has 0 radical (unpaired) electrons. The highest BCUT2D eigenvalue weighted by atomic mass is 19.1. The molecule has 3 rings (SSSR count). The van der Waals surface area contributed by atoms with Gasteiger partial charge in [-0.25, -0.2) is 9.18 Å². The predicted molar refractivity (Wildman–Crippen MR) is 113 cm³/mol. The molecule has 1 heterocycles. The van der Waals surface area contributed by atoms with Crippen molar-refractivity contribution < 1.29 is 23.4 Å². The number of likely N-dealkylation sites (tertiary alicyclic amines) is 1. The van der Waals surface area contributed by atoms with Crippen LogP contribution in [0.5, 0.6) is 5.75 Å². The van der Waals surface area contributed by atoms with E-state index in [2.05, 4.69) is 0 Å². The summed E-state index contributed by atoms with van der Waals surface area (Å²) in [5, 5.41) is 0. The lowest BCUT2D eigenvalue weighted by Gasteiger charge is -2.28. The summed E-state index contributed by atoms with van der Waals surface area (Å²) in [6, 6.07) is 13.3. The molecule has 30 heavy (non-hydrogen) atoms. The minimum absolute atomic E-state index is 0.199. The first-order valence-corrected chi connectivity index (χ1v) is 10.0. The molecule has 0 spiro atoms. The summed E-state index contributed by atoms with van der Waals surface area (Å²) in [6.45, 7) is 6.44. The number of halogens is 1. The first-order chi connectivity index (χ1) is 14.2. The first kappa shape index (κ1) is 21.9. The van der Waals surface area contributed by atoms with Crippen LogP contribution in [0, 0.1) is 5.82 Å². The average Bonchev–Trinajstić information content (AvgIpc) is 3.07. The van der Waals surface area contributed by atoms with Crippen molar-refractivity contribution in [2.75, 3.05) is 18.9 Å². The molecule has 1 amide bonds. The largest absolute Gasteiger partial charge is 0.491 e. The number of anilines is 1. The Labute approximate surface area is 176 Å². The van der Waals surface area contributed by atoms with E-state index in [4.69, 9.17) is 19.9 Å². The minimum Gasteiger partial charge on any atom is -0.491 e. The van der Waals surface area contributed by atoms with Crippen molar-refractivity contribution in [2.45, 2.75) is 51.5 Å². The van der Waals surface area contributed by atoms with E-state index >= 15 is 0 Å². The van der Waals surface area contributed by atoms with Gasteiger partial charge in [-0.3, -0.25) is 4.90 Å². The molecule has 2 N–H and O–H groups in total. The molecule has 0 aliphatic carbocycles. The van der Waals surface area contributed by atoms with Crippen molar-refractivity contribution in [1.29, 1.82) is 0 Å². The molecule has 0 saturated carbocycles. The van der Waals surface area contributed by atoms with E-state index in [0.717, 1.165) is 5.56 Å². The summed E-state index contributed by atoms with van der Waals surface area (Å²) in [5.74, 6) is 0.342. The molecule has 2 atom stereocenters. The summed E-state index contributed by atoms with van der Waals surface area (Å²) in [5.41, 5.74) is 6.56. The molecule has 7 heteroatoms. The minimum atomic E-state index is -0.600. The smallest absolute Gasteiger partial charge is 0.410 e. The maximum absolute atomic E-state index is 13.4. The van der Waals surface area contributed by atoms with Gasteiger partial charge in [0.15, 0.2) is 0 Å². The van der Waals surface area contributed by atoms with E-state index in [-0.39, 0.29) is 24.6 Å². The number of carbonyl (C=O) groups excluding carboxylic acids is 1. The molecule has 2 aromatic rings. The molecule has 1 aliphatic heterocycles. The fraction of sp³-hybridized carbons (Fsp3) is 0.435. The molecular formula is C23H29FN2O4. The Hall–Kier alpha value is -2.80. The number of amides is 1. The lowest BCUT2D eigenvalue weighted by atomic mass is 10.2. The van der Waals surface area contributed by atoms with E-state index in [9.17, 15) is 9.18 Å². The van der Waals surface area contributed by atoms with Crippen molar-refractivity contribution in [1.82, 2.24) is 4.90 Å². The van der Waals surface area contributed by atoms with Crippen molar-refractivity contribution in [3.05, 3.63) is 59.9 Å². The highest BCUT2D eigenvalue weighted by molar-refractivity contribution is 5.69. The van der Waals surface area contributed by atoms with E-state index < -0.39 is 11.7 Å². The van der Waals surface area contributed by atoms with Gasteiger partial charge in [0.2, 0.25) is 0 Å². The zero-order chi connectivity index (χ0) is 21.7. The van der Waals surface area contributed by atoms with Gasteiger partial charge in [-0.1, -0.05) is 18.2 Å². The molecule has 0 aromatic heterocycles.